The standard InChI is InChI=1S/C31H35FN4O2/c1-5-35-30(19-38-18-22-12-7-6-8-13-22)34-36(31(35)37)29-16-25-24(20(2)3)15-27(33-28(25)17-26(29)32)23-14-10-9-11-21(23)4/h6-14,16-17,20,24,27,33H,5,15,18-19H2,1-4H3. The van der Waals surface area contributed by atoms with Gasteiger partial charge in [-0.3, -0.25) is 4.57 Å². The van der Waals surface area contributed by atoms with Crippen LogP contribution in [0.25, 0.3) is 5.69 Å². The van der Waals surface area contributed by atoms with Gasteiger partial charge in [0.1, 0.15) is 12.3 Å². The molecule has 38 heavy (non-hydrogen) atoms. The number of hydrogen-bond donors (Lipinski definition) is 1. The molecule has 5 rings (SSSR count). The molecule has 7 heteroatoms. The SMILES string of the molecule is CCn1c(COCc2ccccc2)nn(-c2cc3c(cc2F)NC(c2ccccc2C)CC3C(C)C)c1=O. The molecule has 1 N–H and O–H groups in total. The molecule has 0 aliphatic carbocycles. The van der Waals surface area contributed by atoms with Crippen LogP contribution in [-0.2, 0) is 24.5 Å². The summed E-state index contributed by atoms with van der Waals surface area (Å²) in [7, 11) is 0. The molecule has 2 unspecified atom stereocenters. The summed E-state index contributed by atoms with van der Waals surface area (Å²) in [6.07, 6.45) is 0.886. The number of benzene rings is 3. The van der Waals surface area contributed by atoms with Crippen LogP contribution < -0.4 is 11.0 Å². The number of nitrogens with zero attached hydrogens (tertiary/aromatic N) is 3. The molecule has 6 nitrogen and oxygen atoms in total. The minimum absolute atomic E-state index is 0.0942. The lowest BCUT2D eigenvalue weighted by molar-refractivity contribution is 0.0989. The Morgan fingerprint density at radius 3 is 2.50 bits per heavy atom. The van der Waals surface area contributed by atoms with Gasteiger partial charge in [0.15, 0.2) is 11.6 Å². The molecule has 1 aliphatic heterocycles. The Hall–Kier alpha value is -3.71. The first kappa shape index (κ1) is 25.9. The molecule has 4 aromatic rings. The molecule has 0 bridgehead atoms. The van der Waals surface area contributed by atoms with Crippen LogP contribution in [0.1, 0.15) is 67.2 Å². The maximum absolute atomic E-state index is 15.6. The predicted octanol–water partition coefficient (Wildman–Crippen LogP) is 6.51. The van der Waals surface area contributed by atoms with E-state index in [-0.39, 0.29) is 29.9 Å². The fourth-order valence-corrected chi connectivity index (χ4v) is 5.47. The first-order chi connectivity index (χ1) is 18.4. The highest BCUT2D eigenvalue weighted by molar-refractivity contribution is 5.61. The van der Waals surface area contributed by atoms with Crippen molar-refractivity contribution in [2.75, 3.05) is 5.32 Å². The highest BCUT2D eigenvalue weighted by Crippen LogP contribution is 2.45. The van der Waals surface area contributed by atoms with Crippen LogP contribution >= 0.6 is 0 Å². The number of hydrogen-bond acceptors (Lipinski definition) is 4. The second-order valence-electron chi connectivity index (χ2n) is 10.4. The largest absolute Gasteiger partial charge is 0.378 e. The molecule has 0 amide bonds. The average molecular weight is 515 g/mol. The number of rotatable bonds is 8. The number of fused-ring (bicyclic) bond motifs is 1. The third kappa shape index (κ3) is 5.03. The molecule has 1 aliphatic rings. The van der Waals surface area contributed by atoms with E-state index in [1.807, 2.05) is 49.4 Å². The molecular weight excluding hydrogens is 479 g/mol. The Morgan fingerprint density at radius 1 is 1.05 bits per heavy atom. The maximum atomic E-state index is 15.6. The summed E-state index contributed by atoms with van der Waals surface area (Å²) in [5, 5.41) is 8.09. The molecule has 0 fully saturated rings. The number of halogens is 1. The first-order valence-corrected chi connectivity index (χ1v) is 13.3. The fraction of sp³-hybridized carbons (Fsp3) is 0.355. The van der Waals surface area contributed by atoms with Crippen molar-refractivity contribution in [3.63, 3.8) is 0 Å². The molecule has 0 saturated carbocycles. The summed E-state index contributed by atoms with van der Waals surface area (Å²) in [6, 6.07) is 21.6. The average Bonchev–Trinajstić information content (AvgIpc) is 3.23. The molecule has 3 aromatic carbocycles. The van der Waals surface area contributed by atoms with Crippen molar-refractivity contribution >= 4 is 5.69 Å². The Balaban J connectivity index is 1.47. The smallest absolute Gasteiger partial charge is 0.350 e. The number of aromatic nitrogens is 3. The minimum Gasteiger partial charge on any atom is -0.378 e. The van der Waals surface area contributed by atoms with E-state index in [2.05, 4.69) is 43.3 Å². The Bertz CT molecular complexity index is 1480. The van der Waals surface area contributed by atoms with Gasteiger partial charge in [-0.25, -0.2) is 9.18 Å². The van der Waals surface area contributed by atoms with Gasteiger partial charge < -0.3 is 10.1 Å². The van der Waals surface area contributed by atoms with Crippen LogP contribution in [0.3, 0.4) is 0 Å². The first-order valence-electron chi connectivity index (χ1n) is 13.3. The van der Waals surface area contributed by atoms with Crippen molar-refractivity contribution in [1.29, 1.82) is 0 Å². The molecular formula is C31H35FN4O2. The van der Waals surface area contributed by atoms with E-state index in [1.165, 1.54) is 26.4 Å². The highest BCUT2D eigenvalue weighted by atomic mass is 19.1. The second kappa shape index (κ2) is 11.0. The lowest BCUT2D eigenvalue weighted by Gasteiger charge is -2.36. The number of aryl methyl sites for hydroxylation is 1. The molecule has 0 spiro atoms. The van der Waals surface area contributed by atoms with Crippen molar-refractivity contribution < 1.29 is 9.13 Å². The van der Waals surface area contributed by atoms with Gasteiger partial charge in [0.05, 0.1) is 12.6 Å². The van der Waals surface area contributed by atoms with Crippen LogP contribution in [0.4, 0.5) is 10.1 Å². The van der Waals surface area contributed by atoms with E-state index in [0.29, 0.717) is 24.9 Å². The van der Waals surface area contributed by atoms with E-state index in [1.54, 1.807) is 6.07 Å². The predicted molar refractivity (Wildman–Crippen MR) is 148 cm³/mol. The summed E-state index contributed by atoms with van der Waals surface area (Å²) in [5.74, 6) is 0.535. The molecule has 1 aromatic heterocycles. The third-order valence-corrected chi connectivity index (χ3v) is 7.53. The van der Waals surface area contributed by atoms with Crippen LogP contribution in [0.5, 0.6) is 0 Å². The summed E-state index contributed by atoms with van der Waals surface area (Å²) < 4.78 is 24.2. The molecule has 2 atom stereocenters. The number of anilines is 1. The van der Waals surface area contributed by atoms with E-state index in [4.69, 9.17) is 4.74 Å². The maximum Gasteiger partial charge on any atom is 0.350 e. The van der Waals surface area contributed by atoms with Crippen molar-refractivity contribution in [2.45, 2.75) is 65.8 Å². The van der Waals surface area contributed by atoms with E-state index < -0.39 is 5.82 Å². The minimum atomic E-state index is -0.483. The number of ether oxygens (including phenoxy) is 1. The quantitative estimate of drug-likeness (QED) is 0.291. The van der Waals surface area contributed by atoms with Gasteiger partial charge in [-0.15, -0.1) is 5.10 Å². The van der Waals surface area contributed by atoms with Crippen molar-refractivity contribution in [3.8, 4) is 5.69 Å². The topological polar surface area (TPSA) is 61.1 Å². The van der Waals surface area contributed by atoms with Crippen LogP contribution in [-0.4, -0.2) is 14.3 Å². The van der Waals surface area contributed by atoms with Gasteiger partial charge >= 0.3 is 5.69 Å². The molecule has 2 heterocycles. The van der Waals surface area contributed by atoms with E-state index in [0.717, 1.165) is 23.2 Å². The van der Waals surface area contributed by atoms with Gasteiger partial charge in [-0.05, 0) is 66.5 Å². The Kier molecular flexibility index (Phi) is 7.47. The van der Waals surface area contributed by atoms with Crippen LogP contribution in [0, 0.1) is 18.7 Å². The van der Waals surface area contributed by atoms with Gasteiger partial charge in [-0.1, -0.05) is 68.4 Å². The fourth-order valence-electron chi connectivity index (χ4n) is 5.47. The van der Waals surface area contributed by atoms with Crippen LogP contribution in [0.15, 0.2) is 71.5 Å². The molecule has 0 radical (unpaired) electrons. The third-order valence-electron chi connectivity index (χ3n) is 7.53. The normalized spacial score (nSPS) is 16.9. The van der Waals surface area contributed by atoms with Gasteiger partial charge in [0.2, 0.25) is 0 Å². The highest BCUT2D eigenvalue weighted by Gasteiger charge is 2.32. The summed E-state index contributed by atoms with van der Waals surface area (Å²) >= 11 is 0. The molecule has 0 saturated heterocycles. The molecule has 198 valence electrons. The van der Waals surface area contributed by atoms with Crippen molar-refractivity contribution in [1.82, 2.24) is 14.3 Å². The Labute approximate surface area is 223 Å². The summed E-state index contributed by atoms with van der Waals surface area (Å²) in [4.78, 5) is 13.3. The zero-order valence-corrected chi connectivity index (χ0v) is 22.4. The van der Waals surface area contributed by atoms with Gasteiger partial charge in [0, 0.05) is 12.2 Å². The number of nitrogens with one attached hydrogen (secondary N) is 1. The van der Waals surface area contributed by atoms with Crippen molar-refractivity contribution in [2.24, 2.45) is 5.92 Å². The lowest BCUT2D eigenvalue weighted by Crippen LogP contribution is -2.27. The van der Waals surface area contributed by atoms with E-state index in [9.17, 15) is 4.79 Å². The summed E-state index contributed by atoms with van der Waals surface area (Å²) in [5.41, 5.74) is 5.08. The summed E-state index contributed by atoms with van der Waals surface area (Å²) in [6.45, 7) is 9.35. The lowest BCUT2D eigenvalue weighted by atomic mass is 9.77. The zero-order chi connectivity index (χ0) is 26.8. The van der Waals surface area contributed by atoms with E-state index >= 15 is 4.39 Å². The van der Waals surface area contributed by atoms with Crippen molar-refractivity contribution in [3.05, 3.63) is 111 Å². The van der Waals surface area contributed by atoms with Gasteiger partial charge in [-0.2, -0.15) is 4.68 Å². The Morgan fingerprint density at radius 2 is 1.79 bits per heavy atom. The van der Waals surface area contributed by atoms with Crippen LogP contribution in [0.2, 0.25) is 0 Å². The van der Waals surface area contributed by atoms with Gasteiger partial charge in [0.25, 0.3) is 0 Å². The monoisotopic (exact) mass is 514 g/mol. The second-order valence-corrected chi connectivity index (χ2v) is 10.4. The zero-order valence-electron chi connectivity index (χ0n) is 22.4.